The molecule has 0 bridgehead atoms. The lowest BCUT2D eigenvalue weighted by Crippen LogP contribution is -2.68. The van der Waals surface area contributed by atoms with Crippen LogP contribution < -0.4 is 5.73 Å². The SMILES string of the molecule is CC(=O)OC(O)[C@H]1O[C@@H](N2CN=C3C2=NC(Cl)=NC3(N)Cl)[C@@](O)(OC(C)=O)[C@@]1(O)OC(C)=O. The molecule has 3 aliphatic heterocycles. The van der Waals surface area contributed by atoms with Gasteiger partial charge in [-0.2, -0.15) is 4.99 Å². The van der Waals surface area contributed by atoms with Gasteiger partial charge in [0.25, 0.3) is 0 Å². The average Bonchev–Trinajstić information content (AvgIpc) is 3.11. The van der Waals surface area contributed by atoms with Gasteiger partial charge in [0, 0.05) is 20.8 Å². The Morgan fingerprint density at radius 1 is 1.18 bits per heavy atom. The van der Waals surface area contributed by atoms with E-state index in [-0.39, 0.29) is 11.5 Å². The summed E-state index contributed by atoms with van der Waals surface area (Å²) in [6.07, 6.45) is -6.46. The van der Waals surface area contributed by atoms with Crippen molar-refractivity contribution in [3.63, 3.8) is 0 Å². The Morgan fingerprint density at radius 3 is 2.30 bits per heavy atom. The van der Waals surface area contributed by atoms with Gasteiger partial charge in [0.15, 0.2) is 11.9 Å². The third-order valence-corrected chi connectivity index (χ3v) is 5.02. The summed E-state index contributed by atoms with van der Waals surface area (Å²) in [5.41, 5.74) is 5.74. The maximum atomic E-state index is 11.8. The Morgan fingerprint density at radius 2 is 1.76 bits per heavy atom. The molecule has 0 radical (unpaired) electrons. The molecule has 0 spiro atoms. The molecular formula is C16H19Cl2N5O10. The first-order valence-corrected chi connectivity index (χ1v) is 9.86. The largest absolute Gasteiger partial charge is 0.433 e. The van der Waals surface area contributed by atoms with Crippen LogP contribution in [0.3, 0.4) is 0 Å². The van der Waals surface area contributed by atoms with Crippen LogP contribution in [0.5, 0.6) is 0 Å². The predicted octanol–water partition coefficient (Wildman–Crippen LogP) is -2.33. The Kier molecular flexibility index (Phi) is 6.44. The fourth-order valence-electron chi connectivity index (χ4n) is 3.46. The van der Waals surface area contributed by atoms with Crippen molar-refractivity contribution in [2.45, 2.75) is 56.1 Å². The van der Waals surface area contributed by atoms with Gasteiger partial charge < -0.3 is 39.2 Å². The van der Waals surface area contributed by atoms with Gasteiger partial charge in [-0.3, -0.25) is 25.1 Å². The molecule has 15 nitrogen and oxygen atoms in total. The van der Waals surface area contributed by atoms with E-state index in [9.17, 15) is 29.7 Å². The first-order chi connectivity index (χ1) is 15.1. The molecule has 5 N–H and O–H groups in total. The Balaban J connectivity index is 2.12. The third-order valence-electron chi connectivity index (χ3n) is 4.59. The van der Waals surface area contributed by atoms with E-state index >= 15 is 0 Å². The van der Waals surface area contributed by atoms with Crippen LogP contribution in [0.2, 0.25) is 0 Å². The maximum absolute atomic E-state index is 11.8. The number of aliphatic imine (C=N–C) groups is 3. The Bertz CT molecular complexity index is 987. The topological polar surface area (TPSA) is 215 Å². The van der Waals surface area contributed by atoms with E-state index in [1.54, 1.807) is 0 Å². The van der Waals surface area contributed by atoms with Crippen LogP contribution in [0.1, 0.15) is 20.8 Å². The number of nitrogens with zero attached hydrogens (tertiary/aromatic N) is 4. The number of hydrogen-bond acceptors (Lipinski definition) is 15. The van der Waals surface area contributed by atoms with E-state index in [1.165, 1.54) is 0 Å². The summed E-state index contributed by atoms with van der Waals surface area (Å²) < 4.78 is 19.9. The molecule has 17 heteroatoms. The molecule has 3 aliphatic rings. The molecule has 0 aromatic rings. The smallest absolute Gasteiger partial charge is 0.325 e. The fraction of sp³-hybridized carbons (Fsp3) is 0.625. The molecule has 6 atom stereocenters. The molecule has 0 aliphatic carbocycles. The molecule has 182 valence electrons. The normalized spacial score (nSPS) is 36.3. The molecule has 1 fully saturated rings. The molecule has 3 rings (SSSR count). The minimum Gasteiger partial charge on any atom is -0.433 e. The molecule has 33 heavy (non-hydrogen) atoms. The minimum absolute atomic E-state index is 0.123. The molecule has 2 unspecified atom stereocenters. The van der Waals surface area contributed by atoms with Crippen LogP contribution in [-0.4, -0.2) is 97.0 Å². The summed E-state index contributed by atoms with van der Waals surface area (Å²) in [6, 6.07) is 0. The summed E-state index contributed by atoms with van der Waals surface area (Å²) in [6.45, 7) is 2.25. The van der Waals surface area contributed by atoms with Crippen LogP contribution >= 0.6 is 23.2 Å². The summed E-state index contributed by atoms with van der Waals surface area (Å²) >= 11 is 12.0. The minimum atomic E-state index is -3.29. The lowest BCUT2D eigenvalue weighted by atomic mass is 10.00. The van der Waals surface area contributed by atoms with E-state index < -0.39 is 65.2 Å². The average molecular weight is 512 g/mol. The van der Waals surface area contributed by atoms with Gasteiger partial charge in [0.2, 0.25) is 22.9 Å². The van der Waals surface area contributed by atoms with Gasteiger partial charge in [-0.25, -0.2) is 4.99 Å². The lowest BCUT2D eigenvalue weighted by molar-refractivity contribution is -0.366. The number of ether oxygens (including phenoxy) is 4. The summed E-state index contributed by atoms with van der Waals surface area (Å²) in [7, 11) is 0. The monoisotopic (exact) mass is 511 g/mol. The maximum Gasteiger partial charge on any atom is 0.325 e. The number of rotatable bonds is 5. The number of hydrogen-bond donors (Lipinski definition) is 4. The predicted molar refractivity (Wildman–Crippen MR) is 108 cm³/mol. The second-order valence-electron chi connectivity index (χ2n) is 7.10. The van der Waals surface area contributed by atoms with Gasteiger partial charge in [-0.1, -0.05) is 11.6 Å². The molecule has 0 amide bonds. The lowest BCUT2D eigenvalue weighted by Gasteiger charge is -2.40. The number of nitrogens with two attached hydrogens (primary N) is 1. The molecule has 0 saturated carbocycles. The second-order valence-corrected chi connectivity index (χ2v) is 8.01. The van der Waals surface area contributed by atoms with Crippen LogP contribution in [0.4, 0.5) is 0 Å². The zero-order valence-electron chi connectivity index (χ0n) is 17.3. The number of aliphatic hydroxyl groups is 3. The zero-order valence-corrected chi connectivity index (χ0v) is 18.8. The van der Waals surface area contributed by atoms with E-state index in [2.05, 4.69) is 19.7 Å². The quantitative estimate of drug-likeness (QED) is 0.100. The number of amidine groups is 2. The first-order valence-electron chi connectivity index (χ1n) is 9.11. The zero-order chi connectivity index (χ0) is 24.9. The van der Waals surface area contributed by atoms with Crippen molar-refractivity contribution in [3.05, 3.63) is 0 Å². The summed E-state index contributed by atoms with van der Waals surface area (Å²) in [5.74, 6) is -10.1. The number of carbonyl (C=O) groups excluding carboxylic acids is 3. The Hall–Kier alpha value is -2.40. The number of halogens is 2. The standard InChI is InChI=1S/C16H19Cl2N5O10/c1-5(24)30-11(27)9-14(28,32-6(2)25)15(29,33-7(3)26)12(31-9)23-4-20-8-10(23)21-13(17)22-16(8,18)19/h9,11-12,27-29H,4,19H2,1-3H3/t9-,11?,12-,14+,15-,16?/m1/s1. The molecule has 0 aromatic heterocycles. The number of esters is 3. The van der Waals surface area contributed by atoms with Crippen molar-refractivity contribution in [2.24, 2.45) is 20.7 Å². The van der Waals surface area contributed by atoms with Crippen molar-refractivity contribution in [1.29, 1.82) is 0 Å². The first kappa shape index (κ1) is 25.2. The fourth-order valence-corrected chi connectivity index (χ4v) is 3.95. The highest BCUT2D eigenvalue weighted by Crippen LogP contribution is 2.46. The van der Waals surface area contributed by atoms with Gasteiger partial charge >= 0.3 is 29.5 Å². The van der Waals surface area contributed by atoms with Crippen molar-refractivity contribution in [3.8, 4) is 0 Å². The molecule has 0 aromatic carbocycles. The number of alkyl halides is 1. The van der Waals surface area contributed by atoms with Crippen LogP contribution in [0, 0.1) is 0 Å². The van der Waals surface area contributed by atoms with Gasteiger partial charge in [0.05, 0.1) is 0 Å². The highest BCUT2D eigenvalue weighted by molar-refractivity contribution is 6.70. The van der Waals surface area contributed by atoms with Crippen molar-refractivity contribution in [2.75, 3.05) is 6.67 Å². The second kappa shape index (κ2) is 8.43. The molecule has 3 heterocycles. The van der Waals surface area contributed by atoms with Gasteiger partial charge in [-0.05, 0) is 11.6 Å². The van der Waals surface area contributed by atoms with Crippen LogP contribution in [0.15, 0.2) is 15.0 Å². The Labute approximate surface area is 195 Å². The van der Waals surface area contributed by atoms with Gasteiger partial charge in [0.1, 0.15) is 12.4 Å². The molecule has 1 saturated heterocycles. The van der Waals surface area contributed by atoms with E-state index in [0.717, 1.165) is 25.7 Å². The summed E-state index contributed by atoms with van der Waals surface area (Å²) in [5, 5.41) is 30.5. The van der Waals surface area contributed by atoms with E-state index in [0.29, 0.717) is 0 Å². The van der Waals surface area contributed by atoms with Crippen molar-refractivity contribution < 1.29 is 48.7 Å². The van der Waals surface area contributed by atoms with Crippen LogP contribution in [0.25, 0.3) is 0 Å². The van der Waals surface area contributed by atoms with E-state index in [1.807, 2.05) is 0 Å². The number of aliphatic hydroxyl groups excluding tert-OH is 1. The molecular weight excluding hydrogens is 493 g/mol. The van der Waals surface area contributed by atoms with Crippen molar-refractivity contribution in [1.82, 2.24) is 4.90 Å². The highest BCUT2D eigenvalue weighted by atomic mass is 35.5. The number of carbonyl (C=O) groups is 3. The van der Waals surface area contributed by atoms with Gasteiger partial charge in [-0.15, -0.1) is 0 Å². The van der Waals surface area contributed by atoms with Crippen molar-refractivity contribution >= 4 is 58.0 Å². The number of fused-ring (bicyclic) bond motifs is 1. The van der Waals surface area contributed by atoms with Crippen LogP contribution in [-0.2, 0) is 33.3 Å². The highest BCUT2D eigenvalue weighted by Gasteiger charge is 2.76. The van der Waals surface area contributed by atoms with E-state index in [4.69, 9.17) is 43.1 Å². The third kappa shape index (κ3) is 4.28. The summed E-state index contributed by atoms with van der Waals surface area (Å²) in [4.78, 5) is 47.6.